The number of hydrogen-bond acceptors (Lipinski definition) is 10. The fourth-order valence-electron chi connectivity index (χ4n) is 4.11. The van der Waals surface area contributed by atoms with Crippen LogP contribution in [0.25, 0.3) is 38.0 Å². The molecule has 6 aromatic rings. The smallest absolute Gasteiger partial charge is 0.294 e. The van der Waals surface area contributed by atoms with E-state index in [2.05, 4.69) is 15.4 Å². The lowest BCUT2D eigenvalue weighted by molar-refractivity contribution is 0.0963. The highest BCUT2D eigenvalue weighted by atomic mass is 32.1. The van der Waals surface area contributed by atoms with E-state index in [1.165, 1.54) is 11.3 Å². The summed E-state index contributed by atoms with van der Waals surface area (Å²) in [4.78, 5) is 22.8. The first-order valence-corrected chi connectivity index (χ1v) is 13.5. The molecule has 10 nitrogen and oxygen atoms in total. The van der Waals surface area contributed by atoms with Crippen LogP contribution in [0, 0.1) is 6.92 Å². The second kappa shape index (κ2) is 10.0. The molecule has 0 atom stereocenters. The highest BCUT2D eigenvalue weighted by molar-refractivity contribution is 7.18. The van der Waals surface area contributed by atoms with Crippen molar-refractivity contribution in [2.24, 2.45) is 0 Å². The first kappa shape index (κ1) is 24.9. The minimum Gasteiger partial charge on any atom is -0.496 e. The maximum atomic E-state index is 11.8. The first-order chi connectivity index (χ1) is 19.0. The molecule has 2 aromatic carbocycles. The third-order valence-corrected chi connectivity index (χ3v) is 8.13. The van der Waals surface area contributed by atoms with Crippen molar-refractivity contribution in [1.82, 2.24) is 24.9 Å². The average Bonchev–Trinajstić information content (AvgIpc) is 3.73. The van der Waals surface area contributed by atoms with Gasteiger partial charge in [0.15, 0.2) is 5.76 Å². The van der Waals surface area contributed by atoms with Gasteiger partial charge in [-0.1, -0.05) is 12.1 Å². The van der Waals surface area contributed by atoms with Crippen LogP contribution in [-0.4, -0.2) is 46.8 Å². The van der Waals surface area contributed by atoms with Gasteiger partial charge in [-0.3, -0.25) is 4.79 Å². The molecule has 39 heavy (non-hydrogen) atoms. The Hall–Kier alpha value is -4.42. The van der Waals surface area contributed by atoms with Gasteiger partial charge in [0.05, 0.1) is 31.5 Å². The number of methoxy groups -OCH3 is 2. The minimum atomic E-state index is -0.123. The Balaban J connectivity index is 1.29. The number of nitrogens with zero attached hydrogens (tertiary/aromatic N) is 4. The highest BCUT2D eigenvalue weighted by Crippen LogP contribution is 2.38. The number of imidazole rings is 1. The van der Waals surface area contributed by atoms with Crippen LogP contribution in [0.5, 0.6) is 16.7 Å². The van der Waals surface area contributed by atoms with E-state index in [0.29, 0.717) is 44.3 Å². The fourth-order valence-corrected chi connectivity index (χ4v) is 5.73. The number of nitrogens with one attached hydrogen (secondary N) is 1. The van der Waals surface area contributed by atoms with Gasteiger partial charge in [0, 0.05) is 35.2 Å². The summed E-state index contributed by atoms with van der Waals surface area (Å²) >= 11 is 2.93. The van der Waals surface area contributed by atoms with Crippen molar-refractivity contribution >= 4 is 44.5 Å². The summed E-state index contributed by atoms with van der Waals surface area (Å²) in [7, 11) is 4.79. The summed E-state index contributed by atoms with van der Waals surface area (Å²) in [6, 6.07) is 12.9. The third-order valence-electron chi connectivity index (χ3n) is 6.18. The zero-order valence-electron chi connectivity index (χ0n) is 21.5. The van der Waals surface area contributed by atoms with E-state index in [0.717, 1.165) is 26.5 Å². The zero-order valence-corrected chi connectivity index (χ0v) is 23.1. The number of furan rings is 1. The third kappa shape index (κ3) is 4.57. The summed E-state index contributed by atoms with van der Waals surface area (Å²) < 4.78 is 24.9. The van der Waals surface area contributed by atoms with Gasteiger partial charge in [-0.2, -0.15) is 4.52 Å². The Morgan fingerprint density at radius 2 is 1.92 bits per heavy atom. The Kier molecular flexibility index (Phi) is 6.41. The summed E-state index contributed by atoms with van der Waals surface area (Å²) in [6.45, 7) is 2.28. The predicted octanol–water partition coefficient (Wildman–Crippen LogP) is 5.59. The van der Waals surface area contributed by atoms with Gasteiger partial charge in [-0.15, -0.1) is 16.4 Å². The number of aromatic nitrogens is 4. The van der Waals surface area contributed by atoms with Crippen LogP contribution in [0.3, 0.4) is 0 Å². The Bertz CT molecular complexity index is 1820. The largest absolute Gasteiger partial charge is 0.496 e. The van der Waals surface area contributed by atoms with Gasteiger partial charge in [-0.05, 0) is 36.5 Å². The van der Waals surface area contributed by atoms with E-state index in [1.54, 1.807) is 55.4 Å². The molecule has 1 N–H and O–H groups in total. The topological polar surface area (TPSA) is 113 Å². The van der Waals surface area contributed by atoms with Crippen molar-refractivity contribution in [3.8, 4) is 38.7 Å². The van der Waals surface area contributed by atoms with Gasteiger partial charge in [-0.25, -0.2) is 9.97 Å². The molecule has 6 rings (SSSR count). The Labute approximate surface area is 230 Å². The van der Waals surface area contributed by atoms with Crippen molar-refractivity contribution < 1.29 is 23.4 Å². The average molecular weight is 562 g/mol. The van der Waals surface area contributed by atoms with E-state index in [-0.39, 0.29) is 12.5 Å². The summed E-state index contributed by atoms with van der Waals surface area (Å²) in [5.74, 6) is 1.69. The number of aryl methyl sites for hydroxylation is 1. The van der Waals surface area contributed by atoms with E-state index >= 15 is 0 Å². The molecule has 0 unspecified atom stereocenters. The normalized spacial score (nSPS) is 11.3. The molecule has 0 fully saturated rings. The van der Waals surface area contributed by atoms with Crippen LogP contribution in [0.2, 0.25) is 0 Å². The molecule has 0 aliphatic carbocycles. The number of ether oxygens (including phenoxy) is 3. The highest BCUT2D eigenvalue weighted by Gasteiger charge is 2.19. The Morgan fingerprint density at radius 1 is 1.10 bits per heavy atom. The van der Waals surface area contributed by atoms with Gasteiger partial charge in [0.1, 0.15) is 34.4 Å². The minimum absolute atomic E-state index is 0.123. The summed E-state index contributed by atoms with van der Waals surface area (Å²) in [6.07, 6.45) is 1.72. The van der Waals surface area contributed by atoms with Gasteiger partial charge < -0.3 is 23.9 Å². The van der Waals surface area contributed by atoms with Crippen LogP contribution < -0.4 is 19.5 Å². The van der Waals surface area contributed by atoms with Crippen molar-refractivity contribution in [2.75, 3.05) is 21.3 Å². The number of fused-ring (bicyclic) bond motifs is 2. The second-order valence-corrected chi connectivity index (χ2v) is 10.6. The van der Waals surface area contributed by atoms with Crippen LogP contribution in [0.15, 0.2) is 53.1 Å². The number of hydrogen-bond donors (Lipinski definition) is 1. The molecule has 198 valence electrons. The maximum Gasteiger partial charge on any atom is 0.294 e. The molecular weight excluding hydrogens is 538 g/mol. The number of thiazole rings is 1. The molecular formula is C27H23N5O5S2. The van der Waals surface area contributed by atoms with E-state index < -0.39 is 0 Å². The molecule has 0 radical (unpaired) electrons. The summed E-state index contributed by atoms with van der Waals surface area (Å²) in [5.41, 5.74) is 3.69. The SMILES string of the molecule is CNC(=O)c1ccc(-c2nc(COc3cc(OC)cc4oc(-c5cnc6sc(OC)nn56)cc34)c(C)s2)cc1. The first-order valence-electron chi connectivity index (χ1n) is 11.9. The lowest BCUT2D eigenvalue weighted by Crippen LogP contribution is -2.17. The van der Waals surface area contributed by atoms with Crippen LogP contribution in [0.1, 0.15) is 20.9 Å². The number of rotatable bonds is 8. The van der Waals surface area contributed by atoms with E-state index in [9.17, 15) is 4.79 Å². The Morgan fingerprint density at radius 3 is 2.67 bits per heavy atom. The van der Waals surface area contributed by atoms with Gasteiger partial charge in [0.2, 0.25) is 4.96 Å². The number of amides is 1. The number of carbonyl (C=O) groups is 1. The standard InChI is InChI=1S/C27H23N5O5S2/c1-14-19(30-25(38-14)16-7-5-15(6-8-16)24(33)28-2)13-36-21-9-17(34-3)10-22-18(21)11-23(37-22)20-12-29-26-32(20)31-27(35-4)39-26/h5-12H,13H2,1-4H3,(H,28,33). The van der Waals surface area contributed by atoms with Crippen LogP contribution in [0.4, 0.5) is 0 Å². The molecule has 4 aromatic heterocycles. The quantitative estimate of drug-likeness (QED) is 0.256. The fraction of sp³-hybridized carbons (Fsp3) is 0.185. The molecule has 0 aliphatic heterocycles. The molecule has 0 saturated heterocycles. The molecule has 1 amide bonds. The predicted molar refractivity (Wildman–Crippen MR) is 149 cm³/mol. The van der Waals surface area contributed by atoms with Crippen molar-refractivity contribution in [1.29, 1.82) is 0 Å². The molecule has 0 saturated carbocycles. The monoisotopic (exact) mass is 561 g/mol. The molecule has 0 aliphatic rings. The molecule has 4 heterocycles. The maximum absolute atomic E-state index is 11.8. The summed E-state index contributed by atoms with van der Waals surface area (Å²) in [5, 5.41) is 9.23. The lowest BCUT2D eigenvalue weighted by Gasteiger charge is -2.08. The van der Waals surface area contributed by atoms with E-state index in [1.807, 2.05) is 37.3 Å². The second-order valence-electron chi connectivity index (χ2n) is 8.52. The zero-order chi connectivity index (χ0) is 27.1. The molecule has 0 bridgehead atoms. The van der Waals surface area contributed by atoms with Gasteiger partial charge in [0.25, 0.3) is 11.1 Å². The van der Waals surface area contributed by atoms with Crippen molar-refractivity contribution in [3.05, 3.63) is 64.8 Å². The lowest BCUT2D eigenvalue weighted by atomic mass is 10.1. The van der Waals surface area contributed by atoms with Crippen LogP contribution in [-0.2, 0) is 6.61 Å². The molecule has 0 spiro atoms. The van der Waals surface area contributed by atoms with E-state index in [4.69, 9.17) is 23.6 Å². The number of carbonyl (C=O) groups excluding carboxylic acids is 1. The van der Waals surface area contributed by atoms with Crippen molar-refractivity contribution in [3.63, 3.8) is 0 Å². The van der Waals surface area contributed by atoms with Crippen molar-refractivity contribution in [2.45, 2.75) is 13.5 Å². The molecule has 12 heteroatoms. The van der Waals surface area contributed by atoms with Crippen LogP contribution >= 0.6 is 22.7 Å². The van der Waals surface area contributed by atoms with Gasteiger partial charge >= 0.3 is 0 Å². The number of benzene rings is 2.